The average molecular weight is 523 g/mol. The van der Waals surface area contributed by atoms with Crippen LogP contribution in [0.1, 0.15) is 58.7 Å². The summed E-state index contributed by atoms with van der Waals surface area (Å²) >= 11 is 6.69. The van der Waals surface area contributed by atoms with Crippen molar-refractivity contribution in [3.05, 3.63) is 70.7 Å². The Morgan fingerprint density at radius 1 is 1.14 bits per heavy atom. The number of hydrogen-bond acceptors (Lipinski definition) is 8. The van der Waals surface area contributed by atoms with Crippen molar-refractivity contribution >= 4 is 33.9 Å². The number of fused-ring (bicyclic) bond motifs is 1. The largest absolute Gasteiger partial charge is 0.383 e. The van der Waals surface area contributed by atoms with Crippen LogP contribution in [0.25, 0.3) is 10.9 Å². The van der Waals surface area contributed by atoms with Gasteiger partial charge >= 0.3 is 0 Å². The SMILES string of the molecule is CC(C)(C)CNc1c(C#N)cnc2c(Cl)cc(NC(C3=CN(C(C)(C)C)NN3)c3ccc(F)nc3)cc12. The summed E-state index contributed by atoms with van der Waals surface area (Å²) in [5.74, 6) is -0.552. The summed E-state index contributed by atoms with van der Waals surface area (Å²) in [5.41, 5.74) is 10.2. The van der Waals surface area contributed by atoms with Gasteiger partial charge in [0.2, 0.25) is 5.95 Å². The van der Waals surface area contributed by atoms with Crippen LogP contribution in [0.2, 0.25) is 5.02 Å². The van der Waals surface area contributed by atoms with E-state index in [4.69, 9.17) is 11.6 Å². The molecule has 194 valence electrons. The Labute approximate surface area is 221 Å². The number of nitrogens with one attached hydrogen (secondary N) is 4. The molecule has 4 N–H and O–H groups in total. The Kier molecular flexibility index (Phi) is 7.18. The Morgan fingerprint density at radius 3 is 2.49 bits per heavy atom. The molecule has 0 amide bonds. The summed E-state index contributed by atoms with van der Waals surface area (Å²) in [4.78, 5) is 8.30. The molecule has 0 saturated carbocycles. The first kappa shape index (κ1) is 26.5. The van der Waals surface area contributed by atoms with Crippen molar-refractivity contribution in [1.29, 1.82) is 5.26 Å². The first-order valence-corrected chi connectivity index (χ1v) is 12.4. The van der Waals surface area contributed by atoms with Crippen LogP contribution in [0.3, 0.4) is 0 Å². The van der Waals surface area contributed by atoms with E-state index in [-0.39, 0.29) is 11.0 Å². The van der Waals surface area contributed by atoms with Gasteiger partial charge in [-0.1, -0.05) is 38.4 Å². The molecule has 0 radical (unpaired) electrons. The van der Waals surface area contributed by atoms with E-state index in [1.165, 1.54) is 12.3 Å². The molecule has 1 aliphatic heterocycles. The lowest BCUT2D eigenvalue weighted by Gasteiger charge is -2.30. The van der Waals surface area contributed by atoms with Gasteiger partial charge in [-0.05, 0) is 49.9 Å². The minimum Gasteiger partial charge on any atom is -0.383 e. The van der Waals surface area contributed by atoms with Crippen molar-refractivity contribution in [2.45, 2.75) is 53.1 Å². The molecule has 8 nitrogen and oxygen atoms in total. The van der Waals surface area contributed by atoms with Gasteiger partial charge in [0.05, 0.1) is 33.5 Å². The van der Waals surface area contributed by atoms with Gasteiger partial charge < -0.3 is 16.1 Å². The van der Waals surface area contributed by atoms with Crippen LogP contribution in [0.5, 0.6) is 0 Å². The molecule has 2 aromatic heterocycles. The third kappa shape index (κ3) is 6.04. The first-order valence-electron chi connectivity index (χ1n) is 12.0. The summed E-state index contributed by atoms with van der Waals surface area (Å²) in [5, 5.41) is 19.8. The van der Waals surface area contributed by atoms with Crippen LogP contribution in [-0.2, 0) is 0 Å². The lowest BCUT2D eigenvalue weighted by atomic mass is 9.96. The first-order chi connectivity index (χ1) is 17.4. The van der Waals surface area contributed by atoms with Gasteiger partial charge in [-0.25, -0.2) is 4.98 Å². The van der Waals surface area contributed by atoms with E-state index in [2.05, 4.69) is 79.2 Å². The lowest BCUT2D eigenvalue weighted by molar-refractivity contribution is 0.138. The predicted molar refractivity (Wildman–Crippen MR) is 146 cm³/mol. The lowest BCUT2D eigenvalue weighted by Crippen LogP contribution is -2.47. The molecule has 1 aliphatic rings. The number of hydrazine groups is 2. The van der Waals surface area contributed by atoms with Gasteiger partial charge in [0.25, 0.3) is 0 Å². The molecule has 37 heavy (non-hydrogen) atoms. The zero-order chi connectivity index (χ0) is 27.0. The number of hydrogen-bond donors (Lipinski definition) is 4. The Hall–Kier alpha value is -3.61. The highest BCUT2D eigenvalue weighted by Gasteiger charge is 2.28. The summed E-state index contributed by atoms with van der Waals surface area (Å²) in [6.07, 6.45) is 5.01. The normalized spacial score (nSPS) is 14.7. The molecule has 0 bridgehead atoms. The fourth-order valence-corrected chi connectivity index (χ4v) is 4.14. The second-order valence-electron chi connectivity index (χ2n) is 11.3. The molecular weight excluding hydrogens is 491 g/mol. The van der Waals surface area contributed by atoms with Crippen molar-refractivity contribution < 1.29 is 4.39 Å². The van der Waals surface area contributed by atoms with Gasteiger partial charge in [-0.3, -0.25) is 9.99 Å². The molecule has 3 heterocycles. The van der Waals surface area contributed by atoms with E-state index in [0.29, 0.717) is 34.0 Å². The molecule has 0 fully saturated rings. The number of pyridine rings is 2. The standard InChI is InChI=1S/C27H32ClFN8/c1-26(2,3)15-33-23-17(11-30)13-32-25-19(23)9-18(10-20(25)28)34-24(16-7-8-22(29)31-12-16)21-14-37(36-35-21)27(4,5)6/h7-10,12-14,24,34-36H,15H2,1-6H3,(H,32,33). The van der Waals surface area contributed by atoms with Crippen LogP contribution in [-0.4, -0.2) is 27.1 Å². The van der Waals surface area contributed by atoms with Crippen molar-refractivity contribution in [3.63, 3.8) is 0 Å². The molecule has 3 aromatic rings. The van der Waals surface area contributed by atoms with Gasteiger partial charge in [0.1, 0.15) is 6.07 Å². The van der Waals surface area contributed by atoms with Crippen LogP contribution in [0.4, 0.5) is 15.8 Å². The van der Waals surface area contributed by atoms with E-state index >= 15 is 0 Å². The number of nitriles is 1. The molecule has 1 atom stereocenters. The van der Waals surface area contributed by atoms with Crippen LogP contribution in [0.15, 0.2) is 48.6 Å². The molecule has 10 heteroatoms. The number of anilines is 2. The third-order valence-electron chi connectivity index (χ3n) is 5.86. The van der Waals surface area contributed by atoms with Crippen molar-refractivity contribution in [2.24, 2.45) is 5.41 Å². The highest BCUT2D eigenvalue weighted by atomic mass is 35.5. The molecule has 0 aliphatic carbocycles. The highest BCUT2D eigenvalue weighted by Crippen LogP contribution is 2.36. The van der Waals surface area contributed by atoms with E-state index in [1.54, 1.807) is 18.3 Å². The minimum absolute atomic E-state index is 0.00476. The van der Waals surface area contributed by atoms with Crippen LogP contribution >= 0.6 is 11.6 Å². The molecule has 1 unspecified atom stereocenters. The fourth-order valence-electron chi connectivity index (χ4n) is 3.87. The zero-order valence-corrected chi connectivity index (χ0v) is 22.6. The zero-order valence-electron chi connectivity index (χ0n) is 21.9. The van der Waals surface area contributed by atoms with E-state index in [0.717, 1.165) is 16.6 Å². The predicted octanol–water partition coefficient (Wildman–Crippen LogP) is 5.87. The Balaban J connectivity index is 1.79. The second-order valence-corrected chi connectivity index (χ2v) is 11.7. The Bertz CT molecular complexity index is 1370. The minimum atomic E-state index is -0.552. The van der Waals surface area contributed by atoms with Gasteiger partial charge in [-0.2, -0.15) is 9.65 Å². The van der Waals surface area contributed by atoms with Crippen molar-refractivity contribution in [3.8, 4) is 6.07 Å². The van der Waals surface area contributed by atoms with Gasteiger partial charge in [-0.15, -0.1) is 5.53 Å². The molecule has 0 saturated heterocycles. The number of rotatable bonds is 6. The van der Waals surface area contributed by atoms with Crippen molar-refractivity contribution in [2.75, 3.05) is 17.2 Å². The third-order valence-corrected chi connectivity index (χ3v) is 6.15. The number of aromatic nitrogens is 2. The van der Waals surface area contributed by atoms with E-state index < -0.39 is 12.0 Å². The average Bonchev–Trinajstić information content (AvgIpc) is 3.32. The smallest absolute Gasteiger partial charge is 0.212 e. The summed E-state index contributed by atoms with van der Waals surface area (Å²) in [6, 6.07) is 8.58. The number of nitrogens with zero attached hydrogens (tertiary/aromatic N) is 4. The maximum atomic E-state index is 13.6. The Morgan fingerprint density at radius 2 is 1.89 bits per heavy atom. The quantitative estimate of drug-likeness (QED) is 0.298. The molecule has 4 rings (SSSR count). The summed E-state index contributed by atoms with van der Waals surface area (Å²) < 4.78 is 13.6. The van der Waals surface area contributed by atoms with Gasteiger partial charge in [0, 0.05) is 41.8 Å². The summed E-state index contributed by atoms with van der Waals surface area (Å²) in [6.45, 7) is 13.3. The second kappa shape index (κ2) is 10.0. The topological polar surface area (TPSA) is 101 Å². The van der Waals surface area contributed by atoms with Crippen LogP contribution in [0, 0.1) is 22.7 Å². The van der Waals surface area contributed by atoms with Crippen LogP contribution < -0.4 is 21.6 Å². The highest BCUT2D eigenvalue weighted by molar-refractivity contribution is 6.35. The maximum Gasteiger partial charge on any atom is 0.212 e. The van der Waals surface area contributed by atoms with E-state index in [1.807, 2.05) is 17.3 Å². The fraction of sp³-hybridized carbons (Fsp3) is 0.370. The monoisotopic (exact) mass is 522 g/mol. The molecule has 0 spiro atoms. The van der Waals surface area contributed by atoms with E-state index in [9.17, 15) is 9.65 Å². The molecular formula is C27H32ClFN8. The number of halogens is 2. The maximum absolute atomic E-state index is 13.6. The van der Waals surface area contributed by atoms with Crippen molar-refractivity contribution in [1.82, 2.24) is 25.9 Å². The molecule has 1 aromatic carbocycles. The number of benzene rings is 1. The van der Waals surface area contributed by atoms with Gasteiger partial charge in [0.15, 0.2) is 0 Å². The summed E-state index contributed by atoms with van der Waals surface area (Å²) in [7, 11) is 0.